The summed E-state index contributed by atoms with van der Waals surface area (Å²) in [5.41, 5.74) is 0.607. The molecule has 1 aromatic heterocycles. The summed E-state index contributed by atoms with van der Waals surface area (Å²) in [5, 5.41) is 16.5. The van der Waals surface area contributed by atoms with Gasteiger partial charge in [-0.15, -0.1) is 0 Å². The summed E-state index contributed by atoms with van der Waals surface area (Å²) in [6, 6.07) is 0.158. The highest BCUT2D eigenvalue weighted by Gasteiger charge is 2.33. The summed E-state index contributed by atoms with van der Waals surface area (Å²) in [6.07, 6.45) is 5.67. The lowest BCUT2D eigenvalue weighted by Gasteiger charge is -2.37. The van der Waals surface area contributed by atoms with E-state index in [9.17, 15) is 9.90 Å². The number of carbonyl (C=O) groups is 1. The number of aromatic nitrogens is 2. The van der Waals surface area contributed by atoms with E-state index in [1.54, 1.807) is 17.1 Å². The summed E-state index contributed by atoms with van der Waals surface area (Å²) in [5.74, 6) is 0.345. The van der Waals surface area contributed by atoms with Crippen molar-refractivity contribution in [1.29, 1.82) is 0 Å². The Hall–Kier alpha value is -1.36. The first kappa shape index (κ1) is 13.1. The Labute approximate surface area is 107 Å². The third-order valence-corrected chi connectivity index (χ3v) is 3.69. The summed E-state index contributed by atoms with van der Waals surface area (Å²) in [4.78, 5) is 12.0. The first-order valence-corrected chi connectivity index (χ1v) is 6.65. The highest BCUT2D eigenvalue weighted by molar-refractivity contribution is 5.93. The van der Waals surface area contributed by atoms with Crippen molar-refractivity contribution in [3.63, 3.8) is 0 Å². The lowest BCUT2D eigenvalue weighted by atomic mass is 9.76. The fraction of sp³-hybridized carbons (Fsp3) is 0.692. The van der Waals surface area contributed by atoms with Crippen LogP contribution in [0.1, 0.15) is 43.5 Å². The van der Waals surface area contributed by atoms with E-state index in [0.717, 1.165) is 25.8 Å². The highest BCUT2D eigenvalue weighted by Crippen LogP contribution is 2.31. The van der Waals surface area contributed by atoms with Crippen LogP contribution >= 0.6 is 0 Å². The van der Waals surface area contributed by atoms with Gasteiger partial charge in [0.1, 0.15) is 0 Å². The second kappa shape index (κ2) is 5.52. The molecule has 2 N–H and O–H groups in total. The van der Waals surface area contributed by atoms with Gasteiger partial charge in [0.2, 0.25) is 0 Å². The lowest BCUT2D eigenvalue weighted by Crippen LogP contribution is -2.46. The van der Waals surface area contributed by atoms with Crippen molar-refractivity contribution in [2.24, 2.45) is 5.92 Å². The quantitative estimate of drug-likeness (QED) is 0.826. The zero-order valence-electron chi connectivity index (χ0n) is 11.0. The molecule has 1 heterocycles. The molecule has 0 spiro atoms. The standard InChI is InChI=1S/C13H21N3O2/c1-3-12(9-5-11(17)6-9)15-13(18)10-7-14-16(4-2)8-10/h7-9,11-12,17H,3-6H2,1-2H3,(H,15,18)/t9?,11?,12-/m0/s1. The minimum absolute atomic E-state index is 0.0667. The Morgan fingerprint density at radius 1 is 1.61 bits per heavy atom. The molecule has 1 aliphatic rings. The predicted octanol–water partition coefficient (Wildman–Crippen LogP) is 1.18. The molecule has 18 heavy (non-hydrogen) atoms. The maximum Gasteiger partial charge on any atom is 0.254 e. The van der Waals surface area contributed by atoms with Gasteiger partial charge < -0.3 is 10.4 Å². The molecule has 0 radical (unpaired) electrons. The molecule has 1 amide bonds. The molecule has 0 saturated heterocycles. The third kappa shape index (κ3) is 2.72. The molecule has 0 aromatic carbocycles. The van der Waals surface area contributed by atoms with Gasteiger partial charge in [0, 0.05) is 18.8 Å². The molecule has 1 fully saturated rings. The van der Waals surface area contributed by atoms with Gasteiger partial charge >= 0.3 is 0 Å². The Balaban J connectivity index is 1.92. The van der Waals surface area contributed by atoms with E-state index in [1.807, 2.05) is 6.92 Å². The molecule has 1 saturated carbocycles. The van der Waals surface area contributed by atoms with Gasteiger partial charge in [0.05, 0.1) is 17.9 Å². The average Bonchev–Trinajstić information content (AvgIpc) is 2.81. The smallest absolute Gasteiger partial charge is 0.254 e. The van der Waals surface area contributed by atoms with Crippen LogP contribution in [0, 0.1) is 5.92 Å². The molecule has 0 bridgehead atoms. The fourth-order valence-corrected chi connectivity index (χ4v) is 2.42. The predicted molar refractivity (Wildman–Crippen MR) is 68.2 cm³/mol. The van der Waals surface area contributed by atoms with Gasteiger partial charge in [-0.2, -0.15) is 5.10 Å². The first-order chi connectivity index (χ1) is 8.63. The Morgan fingerprint density at radius 3 is 2.83 bits per heavy atom. The van der Waals surface area contributed by atoms with Gasteiger partial charge in [0.25, 0.3) is 5.91 Å². The average molecular weight is 251 g/mol. The van der Waals surface area contributed by atoms with Crippen LogP contribution < -0.4 is 5.32 Å². The molecule has 100 valence electrons. The van der Waals surface area contributed by atoms with Gasteiger partial charge in [0.15, 0.2) is 0 Å². The summed E-state index contributed by atoms with van der Waals surface area (Å²) in [7, 11) is 0. The van der Waals surface area contributed by atoms with Gasteiger partial charge in [-0.3, -0.25) is 9.48 Å². The first-order valence-electron chi connectivity index (χ1n) is 6.65. The van der Waals surface area contributed by atoms with Crippen molar-refractivity contribution in [3.05, 3.63) is 18.0 Å². The Kier molecular flexibility index (Phi) is 4.01. The van der Waals surface area contributed by atoms with Crippen molar-refractivity contribution in [1.82, 2.24) is 15.1 Å². The number of nitrogens with zero attached hydrogens (tertiary/aromatic N) is 2. The molecule has 0 unspecified atom stereocenters. The van der Waals surface area contributed by atoms with Crippen molar-refractivity contribution < 1.29 is 9.90 Å². The number of hydrogen-bond donors (Lipinski definition) is 2. The van der Waals surface area contributed by atoms with Crippen LogP contribution in [0.25, 0.3) is 0 Å². The zero-order valence-corrected chi connectivity index (χ0v) is 11.0. The van der Waals surface area contributed by atoms with Gasteiger partial charge in [-0.25, -0.2) is 0 Å². The van der Waals surface area contributed by atoms with Crippen LogP contribution in [-0.4, -0.2) is 32.9 Å². The van der Waals surface area contributed by atoms with Crippen LogP contribution in [0.5, 0.6) is 0 Å². The normalized spacial score (nSPS) is 24.4. The van der Waals surface area contributed by atoms with Crippen LogP contribution in [0.4, 0.5) is 0 Å². The molecule has 1 atom stereocenters. The minimum atomic E-state index is -0.177. The van der Waals surface area contributed by atoms with E-state index < -0.39 is 0 Å². The fourth-order valence-electron chi connectivity index (χ4n) is 2.42. The monoisotopic (exact) mass is 251 g/mol. The zero-order chi connectivity index (χ0) is 13.1. The third-order valence-electron chi connectivity index (χ3n) is 3.69. The van der Waals surface area contributed by atoms with E-state index in [-0.39, 0.29) is 18.1 Å². The van der Waals surface area contributed by atoms with E-state index in [4.69, 9.17) is 0 Å². The van der Waals surface area contributed by atoms with Crippen molar-refractivity contribution in [2.75, 3.05) is 0 Å². The molecule has 0 aliphatic heterocycles. The van der Waals surface area contributed by atoms with E-state index in [2.05, 4.69) is 17.3 Å². The van der Waals surface area contributed by atoms with Crippen molar-refractivity contribution in [2.45, 2.75) is 51.8 Å². The van der Waals surface area contributed by atoms with E-state index in [0.29, 0.717) is 11.5 Å². The maximum absolute atomic E-state index is 12.0. The van der Waals surface area contributed by atoms with Crippen LogP contribution in [0.15, 0.2) is 12.4 Å². The number of aliphatic hydroxyl groups is 1. The number of carbonyl (C=O) groups excluding carboxylic acids is 1. The number of rotatable bonds is 5. The summed E-state index contributed by atoms with van der Waals surface area (Å²) in [6.45, 7) is 4.81. The molecular formula is C13H21N3O2. The molecule has 1 aliphatic carbocycles. The van der Waals surface area contributed by atoms with E-state index in [1.165, 1.54) is 0 Å². The van der Waals surface area contributed by atoms with Crippen molar-refractivity contribution in [3.8, 4) is 0 Å². The summed E-state index contributed by atoms with van der Waals surface area (Å²) >= 11 is 0. The topological polar surface area (TPSA) is 67.2 Å². The van der Waals surface area contributed by atoms with Crippen LogP contribution in [0.3, 0.4) is 0 Å². The van der Waals surface area contributed by atoms with E-state index >= 15 is 0 Å². The van der Waals surface area contributed by atoms with Gasteiger partial charge in [-0.05, 0) is 32.1 Å². The van der Waals surface area contributed by atoms with Crippen LogP contribution in [-0.2, 0) is 6.54 Å². The lowest BCUT2D eigenvalue weighted by molar-refractivity contribution is 0.0232. The number of nitrogens with one attached hydrogen (secondary N) is 1. The second-order valence-corrected chi connectivity index (χ2v) is 4.96. The van der Waals surface area contributed by atoms with Crippen molar-refractivity contribution >= 4 is 5.91 Å². The number of aliphatic hydroxyl groups excluding tert-OH is 1. The highest BCUT2D eigenvalue weighted by atomic mass is 16.3. The Morgan fingerprint density at radius 2 is 2.33 bits per heavy atom. The molecular weight excluding hydrogens is 230 g/mol. The SMILES string of the molecule is CC[C@H](NC(=O)c1cnn(CC)c1)C1CC(O)C1. The molecule has 1 aromatic rings. The number of hydrogen-bond acceptors (Lipinski definition) is 3. The minimum Gasteiger partial charge on any atom is -0.393 e. The Bertz CT molecular complexity index is 410. The second-order valence-electron chi connectivity index (χ2n) is 4.96. The number of aryl methyl sites for hydroxylation is 1. The summed E-state index contributed by atoms with van der Waals surface area (Å²) < 4.78 is 1.74. The molecule has 5 heteroatoms. The van der Waals surface area contributed by atoms with Crippen LogP contribution in [0.2, 0.25) is 0 Å². The molecule has 2 rings (SSSR count). The maximum atomic E-state index is 12.0. The molecule has 5 nitrogen and oxygen atoms in total. The largest absolute Gasteiger partial charge is 0.393 e. The number of amides is 1. The van der Waals surface area contributed by atoms with Gasteiger partial charge in [-0.1, -0.05) is 6.92 Å².